The van der Waals surface area contributed by atoms with Crippen LogP contribution in [0, 0.1) is 6.92 Å². The number of benzene rings is 1. The molecular weight excluding hydrogens is 274 g/mol. The van der Waals surface area contributed by atoms with Crippen LogP contribution in [0.3, 0.4) is 0 Å². The fraction of sp³-hybridized carbons (Fsp3) is 0.0909. The van der Waals surface area contributed by atoms with Crippen LogP contribution in [-0.4, -0.2) is 11.3 Å². The molecule has 0 spiro atoms. The number of carbonyl (C=O) groups is 1. The van der Waals surface area contributed by atoms with Gasteiger partial charge in [-0.1, -0.05) is 22.0 Å². The Labute approximate surface area is 100 Å². The highest BCUT2D eigenvalue weighted by Crippen LogP contribution is 2.29. The van der Waals surface area contributed by atoms with Crippen molar-refractivity contribution in [3.63, 3.8) is 0 Å². The van der Waals surface area contributed by atoms with Crippen LogP contribution in [-0.2, 0) is 0 Å². The van der Waals surface area contributed by atoms with Crippen molar-refractivity contribution in [2.24, 2.45) is 0 Å². The SMILES string of the molecule is Cc1ccc(Br)cc1-c1ncc(C=O)s1. The summed E-state index contributed by atoms with van der Waals surface area (Å²) in [5.74, 6) is 0. The summed E-state index contributed by atoms with van der Waals surface area (Å²) in [5.41, 5.74) is 2.23. The molecule has 0 N–H and O–H groups in total. The zero-order valence-electron chi connectivity index (χ0n) is 8.03. The second-order valence-corrected chi connectivity index (χ2v) is 5.12. The summed E-state index contributed by atoms with van der Waals surface area (Å²) < 4.78 is 1.02. The monoisotopic (exact) mass is 281 g/mol. The maximum Gasteiger partial charge on any atom is 0.161 e. The topological polar surface area (TPSA) is 30.0 Å². The van der Waals surface area contributed by atoms with Gasteiger partial charge in [0.15, 0.2) is 6.29 Å². The number of hydrogen-bond acceptors (Lipinski definition) is 3. The van der Waals surface area contributed by atoms with Crippen LogP contribution in [0.4, 0.5) is 0 Å². The van der Waals surface area contributed by atoms with Gasteiger partial charge in [-0.3, -0.25) is 4.79 Å². The molecule has 76 valence electrons. The van der Waals surface area contributed by atoms with Gasteiger partial charge in [-0.15, -0.1) is 11.3 Å². The molecule has 0 aliphatic heterocycles. The molecule has 1 aromatic carbocycles. The molecular formula is C11H8BrNOS. The number of nitrogens with zero attached hydrogens (tertiary/aromatic N) is 1. The van der Waals surface area contributed by atoms with Crippen molar-refractivity contribution in [2.45, 2.75) is 6.92 Å². The van der Waals surface area contributed by atoms with Gasteiger partial charge in [0, 0.05) is 16.2 Å². The quantitative estimate of drug-likeness (QED) is 0.786. The minimum absolute atomic E-state index is 0.657. The van der Waals surface area contributed by atoms with Crippen molar-refractivity contribution in [3.8, 4) is 10.6 Å². The molecule has 0 atom stereocenters. The predicted octanol–water partition coefficient (Wildman–Crippen LogP) is 3.69. The number of aromatic nitrogens is 1. The van der Waals surface area contributed by atoms with Gasteiger partial charge < -0.3 is 0 Å². The van der Waals surface area contributed by atoms with Crippen molar-refractivity contribution in [2.75, 3.05) is 0 Å². The average molecular weight is 282 g/mol. The molecule has 0 aliphatic carbocycles. The molecule has 0 saturated carbocycles. The smallest absolute Gasteiger partial charge is 0.161 e. The number of carbonyl (C=O) groups excluding carboxylic acids is 1. The van der Waals surface area contributed by atoms with E-state index in [0.29, 0.717) is 4.88 Å². The Morgan fingerprint density at radius 2 is 2.27 bits per heavy atom. The van der Waals surface area contributed by atoms with E-state index < -0.39 is 0 Å². The van der Waals surface area contributed by atoms with Gasteiger partial charge in [-0.25, -0.2) is 4.98 Å². The van der Waals surface area contributed by atoms with Crippen molar-refractivity contribution >= 4 is 33.6 Å². The van der Waals surface area contributed by atoms with Crippen molar-refractivity contribution in [1.82, 2.24) is 4.98 Å². The van der Waals surface area contributed by atoms with E-state index in [2.05, 4.69) is 20.9 Å². The molecule has 0 fully saturated rings. The van der Waals surface area contributed by atoms with E-state index in [9.17, 15) is 4.79 Å². The van der Waals surface area contributed by atoms with Gasteiger partial charge in [-0.2, -0.15) is 0 Å². The zero-order chi connectivity index (χ0) is 10.8. The lowest BCUT2D eigenvalue weighted by molar-refractivity contribution is 0.112. The third-order valence-corrected chi connectivity index (χ3v) is 3.52. The van der Waals surface area contributed by atoms with E-state index in [1.165, 1.54) is 11.3 Å². The summed E-state index contributed by atoms with van der Waals surface area (Å²) >= 11 is 4.83. The lowest BCUT2D eigenvalue weighted by atomic mass is 10.1. The Morgan fingerprint density at radius 3 is 2.93 bits per heavy atom. The molecule has 0 aliphatic rings. The summed E-state index contributed by atoms with van der Waals surface area (Å²) in [7, 11) is 0. The minimum Gasteiger partial charge on any atom is -0.297 e. The third-order valence-electron chi connectivity index (χ3n) is 2.07. The molecule has 4 heteroatoms. The summed E-state index contributed by atoms with van der Waals surface area (Å²) in [6.45, 7) is 2.03. The predicted molar refractivity (Wildman–Crippen MR) is 65.4 cm³/mol. The normalized spacial score (nSPS) is 10.3. The Hall–Kier alpha value is -1.00. The maximum atomic E-state index is 10.6. The average Bonchev–Trinajstić information content (AvgIpc) is 2.70. The lowest BCUT2D eigenvalue weighted by Gasteiger charge is -2.01. The van der Waals surface area contributed by atoms with E-state index in [-0.39, 0.29) is 0 Å². The fourth-order valence-electron chi connectivity index (χ4n) is 1.29. The third kappa shape index (κ3) is 2.16. The molecule has 2 rings (SSSR count). The summed E-state index contributed by atoms with van der Waals surface area (Å²) in [6, 6.07) is 6.04. The van der Waals surface area contributed by atoms with Crippen LogP contribution in [0.5, 0.6) is 0 Å². The van der Waals surface area contributed by atoms with Crippen LogP contribution in [0.1, 0.15) is 15.2 Å². The van der Waals surface area contributed by atoms with Crippen LogP contribution in [0.2, 0.25) is 0 Å². The van der Waals surface area contributed by atoms with Crippen LogP contribution in [0.15, 0.2) is 28.9 Å². The molecule has 2 nitrogen and oxygen atoms in total. The molecule has 2 aromatic rings. The Morgan fingerprint density at radius 1 is 1.47 bits per heavy atom. The summed E-state index contributed by atoms with van der Waals surface area (Å²) in [6.07, 6.45) is 2.43. The highest BCUT2D eigenvalue weighted by molar-refractivity contribution is 9.10. The van der Waals surface area contributed by atoms with Gasteiger partial charge in [0.2, 0.25) is 0 Å². The first-order valence-corrected chi connectivity index (χ1v) is 5.99. The lowest BCUT2D eigenvalue weighted by Crippen LogP contribution is -1.81. The van der Waals surface area contributed by atoms with Gasteiger partial charge >= 0.3 is 0 Å². The van der Waals surface area contributed by atoms with E-state index in [1.54, 1.807) is 6.20 Å². The van der Waals surface area contributed by atoms with E-state index in [0.717, 1.165) is 26.9 Å². The number of rotatable bonds is 2. The highest BCUT2D eigenvalue weighted by atomic mass is 79.9. The standard InChI is InChI=1S/C11H8BrNOS/c1-7-2-3-8(12)4-10(7)11-13-5-9(6-14)15-11/h2-6H,1H3. The second-order valence-electron chi connectivity index (χ2n) is 3.14. The van der Waals surface area contributed by atoms with Gasteiger partial charge in [-0.05, 0) is 24.6 Å². The number of thiazole rings is 1. The van der Waals surface area contributed by atoms with E-state index >= 15 is 0 Å². The van der Waals surface area contributed by atoms with E-state index in [1.807, 2.05) is 25.1 Å². The number of hydrogen-bond donors (Lipinski definition) is 0. The fourth-order valence-corrected chi connectivity index (χ4v) is 2.46. The van der Waals surface area contributed by atoms with E-state index in [4.69, 9.17) is 0 Å². The van der Waals surface area contributed by atoms with Crippen molar-refractivity contribution in [3.05, 3.63) is 39.3 Å². The molecule has 0 unspecified atom stereocenters. The molecule has 0 saturated heterocycles. The van der Waals surface area contributed by atoms with Gasteiger partial charge in [0.05, 0.1) is 4.88 Å². The van der Waals surface area contributed by atoms with Gasteiger partial charge in [0.1, 0.15) is 5.01 Å². The zero-order valence-corrected chi connectivity index (χ0v) is 10.4. The largest absolute Gasteiger partial charge is 0.297 e. The first kappa shape index (κ1) is 10.5. The molecule has 0 bridgehead atoms. The van der Waals surface area contributed by atoms with Crippen LogP contribution < -0.4 is 0 Å². The van der Waals surface area contributed by atoms with Crippen LogP contribution >= 0.6 is 27.3 Å². The minimum atomic E-state index is 0.657. The second kappa shape index (κ2) is 4.24. The van der Waals surface area contributed by atoms with Crippen molar-refractivity contribution < 1.29 is 4.79 Å². The van der Waals surface area contributed by atoms with Gasteiger partial charge in [0.25, 0.3) is 0 Å². The first-order valence-electron chi connectivity index (χ1n) is 4.38. The number of aldehydes is 1. The number of aryl methyl sites for hydroxylation is 1. The molecule has 1 aromatic heterocycles. The number of halogens is 1. The van der Waals surface area contributed by atoms with Crippen LogP contribution in [0.25, 0.3) is 10.6 Å². The maximum absolute atomic E-state index is 10.6. The summed E-state index contributed by atoms with van der Waals surface area (Å²) in [4.78, 5) is 15.4. The van der Waals surface area contributed by atoms with Crippen molar-refractivity contribution in [1.29, 1.82) is 0 Å². The Bertz CT molecular complexity index is 507. The highest BCUT2D eigenvalue weighted by Gasteiger charge is 2.07. The molecule has 1 heterocycles. The molecule has 0 amide bonds. The molecule has 0 radical (unpaired) electrons. The Kier molecular flexibility index (Phi) is 2.98. The summed E-state index contributed by atoms with van der Waals surface area (Å²) in [5, 5.41) is 0.885. The first-order chi connectivity index (χ1) is 7.20. The molecule has 15 heavy (non-hydrogen) atoms. The Balaban J connectivity index is 2.52.